The van der Waals surface area contributed by atoms with E-state index in [4.69, 9.17) is 0 Å². The third kappa shape index (κ3) is 2.46. The Morgan fingerprint density at radius 3 is 2.65 bits per heavy atom. The third-order valence-electron chi connectivity index (χ3n) is 3.30. The number of hydrogen-bond donors (Lipinski definition) is 1. The van der Waals surface area contributed by atoms with E-state index in [9.17, 15) is 13.6 Å². The molecule has 4 heteroatoms. The molecule has 1 N–H and O–H groups in total. The van der Waals surface area contributed by atoms with Crippen molar-refractivity contribution in [3.63, 3.8) is 0 Å². The Kier molecular flexibility index (Phi) is 3.13. The Hall–Kier alpha value is -1.45. The first-order valence-electron chi connectivity index (χ1n) is 5.79. The maximum atomic E-state index is 13.6. The molecule has 0 heterocycles. The molecule has 1 aliphatic carbocycles. The summed E-state index contributed by atoms with van der Waals surface area (Å²) in [5.74, 6) is -1.13. The fourth-order valence-corrected chi connectivity index (χ4v) is 2.00. The second-order valence-corrected chi connectivity index (χ2v) is 4.53. The van der Waals surface area contributed by atoms with Crippen molar-refractivity contribution in [1.29, 1.82) is 0 Å². The highest BCUT2D eigenvalue weighted by Crippen LogP contribution is 2.48. The van der Waals surface area contributed by atoms with E-state index in [1.807, 2.05) is 0 Å². The van der Waals surface area contributed by atoms with Crippen molar-refractivity contribution in [2.24, 2.45) is 0 Å². The second-order valence-electron chi connectivity index (χ2n) is 4.53. The van der Waals surface area contributed by atoms with Crippen molar-refractivity contribution >= 4 is 5.91 Å². The third-order valence-corrected chi connectivity index (χ3v) is 3.30. The normalized spacial score (nSPS) is 16.6. The summed E-state index contributed by atoms with van der Waals surface area (Å²) in [6, 6.07) is 3.65. The fourth-order valence-electron chi connectivity index (χ4n) is 2.00. The number of hydrogen-bond acceptors (Lipinski definition) is 1. The molecule has 0 spiro atoms. The number of halogens is 2. The Morgan fingerprint density at radius 2 is 2.12 bits per heavy atom. The summed E-state index contributed by atoms with van der Waals surface area (Å²) in [6.45, 7) is 2.20. The van der Waals surface area contributed by atoms with Crippen molar-refractivity contribution in [1.82, 2.24) is 5.32 Å². The Bertz CT molecular complexity index is 441. The summed E-state index contributed by atoms with van der Waals surface area (Å²) in [6.07, 6.45) is 2.08. The molecule has 0 saturated heterocycles. The van der Waals surface area contributed by atoms with E-state index in [0.717, 1.165) is 18.9 Å². The van der Waals surface area contributed by atoms with Gasteiger partial charge in [-0.25, -0.2) is 8.78 Å². The zero-order valence-corrected chi connectivity index (χ0v) is 9.72. The van der Waals surface area contributed by atoms with E-state index in [-0.39, 0.29) is 11.3 Å². The van der Waals surface area contributed by atoms with Crippen LogP contribution in [0.15, 0.2) is 18.2 Å². The minimum Gasteiger partial charge on any atom is -0.355 e. The van der Waals surface area contributed by atoms with E-state index in [1.54, 1.807) is 6.92 Å². The lowest BCUT2D eigenvalue weighted by Crippen LogP contribution is -2.32. The van der Waals surface area contributed by atoms with Gasteiger partial charge in [0.1, 0.15) is 11.6 Å². The van der Waals surface area contributed by atoms with E-state index in [2.05, 4.69) is 5.32 Å². The van der Waals surface area contributed by atoms with Crippen molar-refractivity contribution < 1.29 is 13.6 Å². The molecule has 2 nitrogen and oxygen atoms in total. The molecule has 0 aliphatic heterocycles. The summed E-state index contributed by atoms with van der Waals surface area (Å²) in [4.78, 5) is 11.2. The Morgan fingerprint density at radius 1 is 1.41 bits per heavy atom. The molecule has 1 aromatic rings. The first kappa shape index (κ1) is 12.0. The summed E-state index contributed by atoms with van der Waals surface area (Å²) < 4.78 is 26.5. The van der Waals surface area contributed by atoms with Gasteiger partial charge in [0.05, 0.1) is 0 Å². The molecule has 0 bridgehead atoms. The van der Waals surface area contributed by atoms with Crippen molar-refractivity contribution in [2.45, 2.75) is 31.6 Å². The van der Waals surface area contributed by atoms with Gasteiger partial charge in [0.25, 0.3) is 0 Å². The van der Waals surface area contributed by atoms with E-state index >= 15 is 0 Å². The number of carbonyl (C=O) groups is 1. The maximum Gasteiger partial charge on any atom is 0.219 e. The van der Waals surface area contributed by atoms with Crippen LogP contribution in [0.25, 0.3) is 0 Å². The zero-order chi connectivity index (χ0) is 12.5. The first-order valence-corrected chi connectivity index (χ1v) is 5.79. The summed E-state index contributed by atoms with van der Waals surface area (Å²) in [5.41, 5.74) is 0.193. The number of amides is 1. The zero-order valence-electron chi connectivity index (χ0n) is 9.72. The molecule has 0 radical (unpaired) electrons. The molecule has 92 valence electrons. The molecule has 1 fully saturated rings. The van der Waals surface area contributed by atoms with Crippen molar-refractivity contribution in [3.05, 3.63) is 35.4 Å². The summed E-state index contributed by atoms with van der Waals surface area (Å²) >= 11 is 0. The standard InChI is InChI=1S/C13H15F2NO/c1-2-12(17)16-8-13(5-6-13)10-4-3-9(14)7-11(10)15/h3-4,7H,2,5-6,8H2,1H3,(H,16,17). The maximum absolute atomic E-state index is 13.6. The molecular weight excluding hydrogens is 224 g/mol. The van der Waals surface area contributed by atoms with Crippen LogP contribution in [0.1, 0.15) is 31.7 Å². The van der Waals surface area contributed by atoms with Gasteiger partial charge in [-0.15, -0.1) is 0 Å². The lowest BCUT2D eigenvalue weighted by molar-refractivity contribution is -0.120. The van der Waals surface area contributed by atoms with Crippen LogP contribution in [-0.4, -0.2) is 12.5 Å². The Labute approximate surface area is 99.0 Å². The van der Waals surface area contributed by atoms with Crippen LogP contribution in [0.3, 0.4) is 0 Å². The van der Waals surface area contributed by atoms with Crippen LogP contribution >= 0.6 is 0 Å². The average molecular weight is 239 g/mol. The van der Waals surface area contributed by atoms with Gasteiger partial charge in [-0.1, -0.05) is 13.0 Å². The highest BCUT2D eigenvalue weighted by molar-refractivity contribution is 5.75. The SMILES string of the molecule is CCC(=O)NCC1(c2ccc(F)cc2F)CC1. The monoisotopic (exact) mass is 239 g/mol. The fraction of sp³-hybridized carbons (Fsp3) is 0.462. The van der Waals surface area contributed by atoms with Crippen molar-refractivity contribution in [2.75, 3.05) is 6.54 Å². The molecular formula is C13H15F2NO. The van der Waals surface area contributed by atoms with Crippen LogP contribution in [-0.2, 0) is 10.2 Å². The van der Waals surface area contributed by atoms with Gasteiger partial charge in [-0.3, -0.25) is 4.79 Å². The van der Waals surface area contributed by atoms with E-state index in [0.29, 0.717) is 18.5 Å². The van der Waals surface area contributed by atoms with Crippen LogP contribution in [0.2, 0.25) is 0 Å². The quantitative estimate of drug-likeness (QED) is 0.859. The lowest BCUT2D eigenvalue weighted by Gasteiger charge is -2.17. The average Bonchev–Trinajstić information content (AvgIpc) is 3.07. The predicted molar refractivity (Wildman–Crippen MR) is 60.6 cm³/mol. The molecule has 1 amide bonds. The van der Waals surface area contributed by atoms with Gasteiger partial charge in [0, 0.05) is 24.4 Å². The minimum absolute atomic E-state index is 0.0428. The highest BCUT2D eigenvalue weighted by Gasteiger charge is 2.46. The van der Waals surface area contributed by atoms with Crippen LogP contribution < -0.4 is 5.32 Å². The smallest absolute Gasteiger partial charge is 0.219 e. The van der Waals surface area contributed by atoms with Gasteiger partial charge in [0.15, 0.2) is 0 Å². The molecule has 0 atom stereocenters. The Balaban J connectivity index is 2.13. The largest absolute Gasteiger partial charge is 0.355 e. The summed E-state index contributed by atoms with van der Waals surface area (Å²) in [5, 5.41) is 2.78. The van der Waals surface area contributed by atoms with Gasteiger partial charge in [-0.05, 0) is 24.5 Å². The van der Waals surface area contributed by atoms with Gasteiger partial charge < -0.3 is 5.32 Å². The van der Waals surface area contributed by atoms with Crippen LogP contribution in [0.5, 0.6) is 0 Å². The molecule has 1 aliphatic rings. The molecule has 1 aromatic carbocycles. The number of carbonyl (C=O) groups excluding carboxylic acids is 1. The lowest BCUT2D eigenvalue weighted by atomic mass is 9.95. The number of rotatable bonds is 4. The van der Waals surface area contributed by atoms with Crippen LogP contribution in [0, 0.1) is 11.6 Å². The summed E-state index contributed by atoms with van der Waals surface area (Å²) in [7, 11) is 0. The van der Waals surface area contributed by atoms with Gasteiger partial charge >= 0.3 is 0 Å². The molecule has 0 aromatic heterocycles. The van der Waals surface area contributed by atoms with Crippen LogP contribution in [0.4, 0.5) is 8.78 Å². The number of benzene rings is 1. The second kappa shape index (κ2) is 4.43. The highest BCUT2D eigenvalue weighted by atomic mass is 19.1. The molecule has 1 saturated carbocycles. The van der Waals surface area contributed by atoms with Gasteiger partial charge in [0.2, 0.25) is 5.91 Å². The molecule has 17 heavy (non-hydrogen) atoms. The van der Waals surface area contributed by atoms with E-state index < -0.39 is 11.6 Å². The van der Waals surface area contributed by atoms with Crippen molar-refractivity contribution in [3.8, 4) is 0 Å². The molecule has 0 unspecified atom stereocenters. The topological polar surface area (TPSA) is 29.1 Å². The van der Waals surface area contributed by atoms with E-state index in [1.165, 1.54) is 12.1 Å². The van der Waals surface area contributed by atoms with Gasteiger partial charge in [-0.2, -0.15) is 0 Å². The predicted octanol–water partition coefficient (Wildman–Crippen LogP) is 2.52. The molecule has 2 rings (SSSR count). The number of nitrogens with one attached hydrogen (secondary N) is 1. The first-order chi connectivity index (χ1) is 8.07. The minimum atomic E-state index is -0.570.